The molecule has 0 saturated carbocycles. The standard InChI is InChI=1S/C12H13N3O/c16-11-2-1-7-15-8-10(14-12(11)15)9-3-5-13-6-4-9/h3-6,8,11,16H,1-2,7H2/t11-/m0/s1. The summed E-state index contributed by atoms with van der Waals surface area (Å²) in [5.74, 6) is 0.790. The molecule has 0 radical (unpaired) electrons. The Morgan fingerprint density at radius 2 is 2.12 bits per heavy atom. The number of fused-ring (bicyclic) bond motifs is 1. The summed E-state index contributed by atoms with van der Waals surface area (Å²) in [7, 11) is 0. The van der Waals surface area contributed by atoms with E-state index in [-0.39, 0.29) is 0 Å². The van der Waals surface area contributed by atoms with E-state index in [0.29, 0.717) is 0 Å². The quantitative estimate of drug-likeness (QED) is 0.788. The molecule has 0 amide bonds. The van der Waals surface area contributed by atoms with E-state index in [4.69, 9.17) is 0 Å². The summed E-state index contributed by atoms with van der Waals surface area (Å²) in [4.78, 5) is 8.47. The molecule has 0 saturated heterocycles. The van der Waals surface area contributed by atoms with Gasteiger partial charge in [-0.05, 0) is 25.0 Å². The molecule has 1 atom stereocenters. The molecular weight excluding hydrogens is 202 g/mol. The minimum absolute atomic E-state index is 0.413. The molecule has 0 unspecified atom stereocenters. The Morgan fingerprint density at radius 3 is 2.88 bits per heavy atom. The Kier molecular flexibility index (Phi) is 2.22. The van der Waals surface area contributed by atoms with Crippen LogP contribution >= 0.6 is 0 Å². The SMILES string of the molecule is O[C@H]1CCCn2cc(-c3ccncc3)nc21. The Bertz CT molecular complexity index is 492. The van der Waals surface area contributed by atoms with Crippen molar-refractivity contribution < 1.29 is 5.11 Å². The molecule has 0 bridgehead atoms. The molecule has 4 heteroatoms. The van der Waals surface area contributed by atoms with Gasteiger partial charge >= 0.3 is 0 Å². The summed E-state index contributed by atoms with van der Waals surface area (Å²) in [6.07, 6.45) is 6.93. The second-order valence-corrected chi connectivity index (χ2v) is 4.07. The van der Waals surface area contributed by atoms with Crippen LogP contribution in [0.3, 0.4) is 0 Å². The Labute approximate surface area is 93.6 Å². The molecule has 0 spiro atoms. The first-order valence-electron chi connectivity index (χ1n) is 5.50. The van der Waals surface area contributed by atoms with Gasteiger partial charge in [0.2, 0.25) is 0 Å². The lowest BCUT2D eigenvalue weighted by molar-refractivity contribution is 0.134. The van der Waals surface area contributed by atoms with Crippen molar-refractivity contribution in [3.8, 4) is 11.3 Å². The van der Waals surface area contributed by atoms with Gasteiger partial charge in [0.25, 0.3) is 0 Å². The second kappa shape index (κ2) is 3.72. The fourth-order valence-corrected chi connectivity index (χ4v) is 2.12. The molecule has 1 aliphatic rings. The average Bonchev–Trinajstić information content (AvgIpc) is 2.76. The molecule has 82 valence electrons. The summed E-state index contributed by atoms with van der Waals surface area (Å²) in [6.45, 7) is 0.949. The maximum Gasteiger partial charge on any atom is 0.138 e. The number of aliphatic hydroxyl groups is 1. The molecule has 1 N–H and O–H groups in total. The van der Waals surface area contributed by atoms with Crippen molar-refractivity contribution >= 4 is 0 Å². The van der Waals surface area contributed by atoms with Gasteiger partial charge in [0.1, 0.15) is 11.9 Å². The number of nitrogens with zero attached hydrogens (tertiary/aromatic N) is 3. The number of aryl methyl sites for hydroxylation is 1. The molecule has 4 nitrogen and oxygen atoms in total. The van der Waals surface area contributed by atoms with Crippen molar-refractivity contribution in [2.45, 2.75) is 25.5 Å². The second-order valence-electron chi connectivity index (χ2n) is 4.07. The average molecular weight is 215 g/mol. The van der Waals surface area contributed by atoms with Gasteiger partial charge in [0.15, 0.2) is 0 Å². The largest absolute Gasteiger partial charge is 0.385 e. The molecule has 0 fully saturated rings. The lowest BCUT2D eigenvalue weighted by Crippen LogP contribution is -2.14. The number of hydrogen-bond donors (Lipinski definition) is 1. The van der Waals surface area contributed by atoms with Crippen molar-refractivity contribution in [2.75, 3.05) is 0 Å². The zero-order valence-electron chi connectivity index (χ0n) is 8.87. The van der Waals surface area contributed by atoms with Crippen molar-refractivity contribution in [2.24, 2.45) is 0 Å². The van der Waals surface area contributed by atoms with Gasteiger partial charge < -0.3 is 9.67 Å². The highest BCUT2D eigenvalue weighted by atomic mass is 16.3. The van der Waals surface area contributed by atoms with E-state index in [2.05, 4.69) is 9.97 Å². The number of pyridine rings is 1. The van der Waals surface area contributed by atoms with Crippen LogP contribution in [0.15, 0.2) is 30.7 Å². The van der Waals surface area contributed by atoms with E-state index in [9.17, 15) is 5.11 Å². The molecule has 3 heterocycles. The third-order valence-corrected chi connectivity index (χ3v) is 2.96. The van der Waals surface area contributed by atoms with E-state index < -0.39 is 6.10 Å². The topological polar surface area (TPSA) is 50.9 Å². The van der Waals surface area contributed by atoms with Gasteiger partial charge in [0.05, 0.1) is 5.69 Å². The van der Waals surface area contributed by atoms with Gasteiger partial charge in [-0.25, -0.2) is 4.98 Å². The van der Waals surface area contributed by atoms with Crippen LogP contribution in [-0.4, -0.2) is 19.6 Å². The van der Waals surface area contributed by atoms with Crippen LogP contribution in [-0.2, 0) is 6.54 Å². The van der Waals surface area contributed by atoms with E-state index in [1.54, 1.807) is 12.4 Å². The van der Waals surface area contributed by atoms with Crippen molar-refractivity contribution in [1.82, 2.24) is 14.5 Å². The van der Waals surface area contributed by atoms with Crippen molar-refractivity contribution in [1.29, 1.82) is 0 Å². The predicted octanol–water partition coefficient (Wildman–Crippen LogP) is 1.77. The predicted molar refractivity (Wildman–Crippen MR) is 59.7 cm³/mol. The number of hydrogen-bond acceptors (Lipinski definition) is 3. The van der Waals surface area contributed by atoms with Crippen molar-refractivity contribution in [3.63, 3.8) is 0 Å². The first-order valence-corrected chi connectivity index (χ1v) is 5.50. The van der Waals surface area contributed by atoms with Gasteiger partial charge in [-0.15, -0.1) is 0 Å². The molecule has 3 rings (SSSR count). The first-order chi connectivity index (χ1) is 7.84. The third-order valence-electron chi connectivity index (χ3n) is 2.96. The van der Waals surface area contributed by atoms with Crippen LogP contribution in [0.4, 0.5) is 0 Å². The first kappa shape index (κ1) is 9.54. The fourth-order valence-electron chi connectivity index (χ4n) is 2.12. The number of imidazole rings is 1. The molecule has 0 aliphatic carbocycles. The van der Waals surface area contributed by atoms with Crippen LogP contribution in [0.5, 0.6) is 0 Å². The number of aromatic nitrogens is 3. The molecule has 0 aromatic carbocycles. The minimum atomic E-state index is -0.413. The monoisotopic (exact) mass is 215 g/mol. The Morgan fingerprint density at radius 1 is 1.31 bits per heavy atom. The minimum Gasteiger partial charge on any atom is -0.385 e. The van der Waals surface area contributed by atoms with E-state index in [1.165, 1.54) is 0 Å². The maximum absolute atomic E-state index is 9.83. The highest BCUT2D eigenvalue weighted by Crippen LogP contribution is 2.27. The summed E-state index contributed by atoms with van der Waals surface area (Å²) in [5, 5.41) is 9.83. The third kappa shape index (κ3) is 1.51. The smallest absolute Gasteiger partial charge is 0.138 e. The van der Waals surface area contributed by atoms with E-state index in [0.717, 1.165) is 36.5 Å². The zero-order chi connectivity index (χ0) is 11.0. The van der Waals surface area contributed by atoms with Crippen LogP contribution < -0.4 is 0 Å². The highest BCUT2D eigenvalue weighted by molar-refractivity contribution is 5.57. The molecular formula is C12H13N3O. The Hall–Kier alpha value is -1.68. The maximum atomic E-state index is 9.83. The molecule has 2 aromatic heterocycles. The Balaban J connectivity index is 2.05. The molecule has 16 heavy (non-hydrogen) atoms. The number of rotatable bonds is 1. The molecule has 1 aliphatic heterocycles. The van der Waals surface area contributed by atoms with Crippen LogP contribution in [0.1, 0.15) is 24.8 Å². The lowest BCUT2D eigenvalue weighted by atomic mass is 10.1. The summed E-state index contributed by atoms with van der Waals surface area (Å²) >= 11 is 0. The van der Waals surface area contributed by atoms with Crippen LogP contribution in [0.25, 0.3) is 11.3 Å². The van der Waals surface area contributed by atoms with Crippen molar-refractivity contribution in [3.05, 3.63) is 36.5 Å². The van der Waals surface area contributed by atoms with Gasteiger partial charge in [-0.1, -0.05) is 0 Å². The van der Waals surface area contributed by atoms with E-state index >= 15 is 0 Å². The number of aliphatic hydroxyl groups excluding tert-OH is 1. The van der Waals surface area contributed by atoms with Gasteiger partial charge in [0, 0.05) is 30.7 Å². The summed E-state index contributed by atoms with van der Waals surface area (Å²) in [5.41, 5.74) is 1.96. The van der Waals surface area contributed by atoms with Gasteiger partial charge in [-0.2, -0.15) is 0 Å². The van der Waals surface area contributed by atoms with Crippen LogP contribution in [0.2, 0.25) is 0 Å². The fraction of sp³-hybridized carbons (Fsp3) is 0.333. The molecule has 2 aromatic rings. The van der Waals surface area contributed by atoms with Crippen LogP contribution in [0, 0.1) is 0 Å². The van der Waals surface area contributed by atoms with Gasteiger partial charge in [-0.3, -0.25) is 4.98 Å². The highest BCUT2D eigenvalue weighted by Gasteiger charge is 2.20. The van der Waals surface area contributed by atoms with E-state index in [1.807, 2.05) is 22.9 Å². The lowest BCUT2D eigenvalue weighted by Gasteiger charge is -2.18. The normalized spacial score (nSPS) is 19.4. The summed E-state index contributed by atoms with van der Waals surface area (Å²) in [6, 6.07) is 3.86. The zero-order valence-corrected chi connectivity index (χ0v) is 8.87. The summed E-state index contributed by atoms with van der Waals surface area (Å²) < 4.78 is 2.05.